The van der Waals surface area contributed by atoms with E-state index in [-0.39, 0.29) is 11.1 Å². The molecule has 0 spiro atoms. The monoisotopic (exact) mass is 382 g/mol. The Hall–Kier alpha value is -1.49. The van der Waals surface area contributed by atoms with Gasteiger partial charge in [-0.3, -0.25) is 4.79 Å². The number of halogens is 3. The van der Waals surface area contributed by atoms with Gasteiger partial charge in [-0.25, -0.2) is 0 Å². The summed E-state index contributed by atoms with van der Waals surface area (Å²) in [6, 6.07) is 13.2. The zero-order valence-electron chi connectivity index (χ0n) is 10.6. The molecule has 1 aromatic heterocycles. The van der Waals surface area contributed by atoms with Crippen LogP contribution in [0.5, 0.6) is 0 Å². The molecular formula is C15H9BrCl2N2O. The van der Waals surface area contributed by atoms with Gasteiger partial charge in [-0.15, -0.1) is 0 Å². The molecule has 0 aliphatic rings. The molecule has 0 saturated carbocycles. The van der Waals surface area contributed by atoms with E-state index in [9.17, 15) is 4.79 Å². The normalized spacial score (nSPS) is 10.8. The van der Waals surface area contributed by atoms with Gasteiger partial charge in [0.2, 0.25) is 0 Å². The molecule has 0 aliphatic carbocycles. The second-order valence-electron chi connectivity index (χ2n) is 4.51. The Balaban J connectivity index is 1.87. The highest BCUT2D eigenvalue weighted by molar-refractivity contribution is 9.10. The number of rotatable bonds is 2. The summed E-state index contributed by atoms with van der Waals surface area (Å²) in [6.07, 6.45) is 0. The number of hydrogen-bond donors (Lipinski definition) is 2. The van der Waals surface area contributed by atoms with E-state index < -0.39 is 0 Å². The third-order valence-electron chi connectivity index (χ3n) is 3.03. The molecule has 0 fully saturated rings. The summed E-state index contributed by atoms with van der Waals surface area (Å²) in [5.41, 5.74) is 1.03. The van der Waals surface area contributed by atoms with Crippen molar-refractivity contribution in [3.63, 3.8) is 0 Å². The molecule has 0 bridgehead atoms. The number of carbonyl (C=O) groups is 1. The Morgan fingerprint density at radius 1 is 1.05 bits per heavy atom. The van der Waals surface area contributed by atoms with Gasteiger partial charge in [0.15, 0.2) is 0 Å². The van der Waals surface area contributed by atoms with E-state index in [4.69, 9.17) is 23.2 Å². The predicted octanol–water partition coefficient (Wildman–Crippen LogP) is 5.49. The number of benzene rings is 2. The van der Waals surface area contributed by atoms with E-state index in [0.717, 1.165) is 15.2 Å². The molecule has 0 aliphatic heterocycles. The molecule has 0 unspecified atom stereocenters. The van der Waals surface area contributed by atoms with Crippen molar-refractivity contribution in [2.24, 2.45) is 0 Å². The van der Waals surface area contributed by atoms with E-state index in [1.165, 1.54) is 6.07 Å². The first kappa shape index (κ1) is 14.4. The van der Waals surface area contributed by atoms with E-state index in [1.807, 2.05) is 36.4 Å². The summed E-state index contributed by atoms with van der Waals surface area (Å²) in [7, 11) is 0. The fourth-order valence-electron chi connectivity index (χ4n) is 2.02. The van der Waals surface area contributed by atoms with Gasteiger partial charge in [0, 0.05) is 10.2 Å². The Bertz CT molecular complexity index is 825. The highest BCUT2D eigenvalue weighted by Crippen LogP contribution is 2.25. The SMILES string of the molecule is O=C(Nc1ccc2cc(Br)ccc2c1)c1cc(Cl)c(Cl)[nH]1. The first-order chi connectivity index (χ1) is 10.0. The standard InChI is InChI=1S/C15H9BrCl2N2O/c16-10-3-1-9-6-11(4-2-8(9)5-10)19-15(21)13-7-12(17)14(18)20-13/h1-7,20H,(H,19,21). The first-order valence-electron chi connectivity index (χ1n) is 6.07. The maximum absolute atomic E-state index is 12.1. The zero-order chi connectivity index (χ0) is 15.0. The Labute approximate surface area is 139 Å². The molecule has 0 atom stereocenters. The van der Waals surface area contributed by atoms with Gasteiger partial charge < -0.3 is 10.3 Å². The van der Waals surface area contributed by atoms with Crippen LogP contribution in [-0.2, 0) is 0 Å². The third kappa shape index (κ3) is 3.07. The summed E-state index contributed by atoms with van der Waals surface area (Å²) >= 11 is 15.1. The molecule has 1 heterocycles. The van der Waals surface area contributed by atoms with E-state index in [0.29, 0.717) is 16.4 Å². The van der Waals surface area contributed by atoms with Crippen molar-refractivity contribution in [2.75, 3.05) is 5.32 Å². The summed E-state index contributed by atoms with van der Waals surface area (Å²) in [4.78, 5) is 14.8. The van der Waals surface area contributed by atoms with Crippen molar-refractivity contribution in [3.05, 3.63) is 62.8 Å². The van der Waals surface area contributed by atoms with Crippen LogP contribution >= 0.6 is 39.1 Å². The van der Waals surface area contributed by atoms with Gasteiger partial charge in [0.05, 0.1) is 5.02 Å². The van der Waals surface area contributed by atoms with Crippen LogP contribution in [0.15, 0.2) is 46.9 Å². The van der Waals surface area contributed by atoms with Gasteiger partial charge in [-0.05, 0) is 41.1 Å². The molecule has 3 rings (SSSR count). The van der Waals surface area contributed by atoms with E-state index in [2.05, 4.69) is 26.2 Å². The molecule has 3 aromatic rings. The first-order valence-corrected chi connectivity index (χ1v) is 7.62. The fraction of sp³-hybridized carbons (Fsp3) is 0. The van der Waals surface area contributed by atoms with Crippen molar-refractivity contribution in [3.8, 4) is 0 Å². The number of aromatic nitrogens is 1. The minimum Gasteiger partial charge on any atom is -0.340 e. The topological polar surface area (TPSA) is 44.9 Å². The lowest BCUT2D eigenvalue weighted by Gasteiger charge is -2.06. The Morgan fingerprint density at radius 3 is 2.48 bits per heavy atom. The molecule has 1 amide bonds. The van der Waals surface area contributed by atoms with Crippen LogP contribution in [0, 0.1) is 0 Å². The minimum absolute atomic E-state index is 0.255. The number of H-pyrrole nitrogens is 1. The largest absolute Gasteiger partial charge is 0.340 e. The summed E-state index contributed by atoms with van der Waals surface area (Å²) < 4.78 is 1.02. The van der Waals surface area contributed by atoms with Crippen LogP contribution in [-0.4, -0.2) is 10.9 Å². The van der Waals surface area contributed by atoms with Crippen LogP contribution in [0.25, 0.3) is 10.8 Å². The van der Waals surface area contributed by atoms with E-state index >= 15 is 0 Å². The van der Waals surface area contributed by atoms with Crippen molar-refractivity contribution < 1.29 is 4.79 Å². The number of anilines is 1. The summed E-state index contributed by atoms with van der Waals surface area (Å²) in [5, 5.41) is 5.52. The van der Waals surface area contributed by atoms with Gasteiger partial charge in [-0.2, -0.15) is 0 Å². The molecular weight excluding hydrogens is 375 g/mol. The number of carbonyl (C=O) groups excluding carboxylic acids is 1. The molecule has 2 N–H and O–H groups in total. The second kappa shape index (κ2) is 5.72. The van der Waals surface area contributed by atoms with Gasteiger partial charge in [0.1, 0.15) is 10.8 Å². The maximum Gasteiger partial charge on any atom is 0.272 e. The van der Waals surface area contributed by atoms with Crippen molar-refractivity contribution in [1.29, 1.82) is 0 Å². The quantitative estimate of drug-likeness (QED) is 0.603. The van der Waals surface area contributed by atoms with Gasteiger partial charge in [0.25, 0.3) is 5.91 Å². The Morgan fingerprint density at radius 2 is 1.76 bits per heavy atom. The zero-order valence-corrected chi connectivity index (χ0v) is 13.7. The highest BCUT2D eigenvalue weighted by atomic mass is 79.9. The van der Waals surface area contributed by atoms with Crippen LogP contribution in [0.1, 0.15) is 10.5 Å². The molecule has 0 saturated heterocycles. The third-order valence-corrected chi connectivity index (χ3v) is 4.22. The molecule has 2 aromatic carbocycles. The predicted molar refractivity (Wildman–Crippen MR) is 90.4 cm³/mol. The summed E-state index contributed by atoms with van der Waals surface area (Å²) in [5.74, 6) is -0.291. The lowest BCUT2D eigenvalue weighted by atomic mass is 10.1. The molecule has 21 heavy (non-hydrogen) atoms. The number of amides is 1. The van der Waals surface area contributed by atoms with Crippen LogP contribution in [0.4, 0.5) is 5.69 Å². The lowest BCUT2D eigenvalue weighted by molar-refractivity contribution is 0.102. The smallest absolute Gasteiger partial charge is 0.272 e. The maximum atomic E-state index is 12.1. The van der Waals surface area contributed by atoms with E-state index in [1.54, 1.807) is 0 Å². The molecule has 106 valence electrons. The molecule has 3 nitrogen and oxygen atoms in total. The van der Waals surface area contributed by atoms with Crippen LogP contribution in [0.2, 0.25) is 10.2 Å². The number of fused-ring (bicyclic) bond motifs is 1. The number of aromatic amines is 1. The van der Waals surface area contributed by atoms with Crippen molar-refractivity contribution in [2.45, 2.75) is 0 Å². The van der Waals surface area contributed by atoms with Crippen LogP contribution < -0.4 is 5.32 Å². The van der Waals surface area contributed by atoms with Crippen molar-refractivity contribution in [1.82, 2.24) is 4.98 Å². The van der Waals surface area contributed by atoms with Gasteiger partial charge >= 0.3 is 0 Å². The fourth-order valence-corrected chi connectivity index (χ4v) is 2.71. The molecule has 6 heteroatoms. The average molecular weight is 384 g/mol. The minimum atomic E-state index is -0.291. The number of nitrogens with one attached hydrogen (secondary N) is 2. The lowest BCUT2D eigenvalue weighted by Crippen LogP contribution is -2.12. The highest BCUT2D eigenvalue weighted by Gasteiger charge is 2.12. The van der Waals surface area contributed by atoms with Crippen molar-refractivity contribution >= 4 is 61.5 Å². The second-order valence-corrected chi connectivity index (χ2v) is 6.21. The van der Waals surface area contributed by atoms with Crippen LogP contribution in [0.3, 0.4) is 0 Å². The summed E-state index contributed by atoms with van der Waals surface area (Å²) in [6.45, 7) is 0. The molecule has 0 radical (unpaired) electrons. The average Bonchev–Trinajstić information content (AvgIpc) is 2.79. The van der Waals surface area contributed by atoms with Gasteiger partial charge in [-0.1, -0.05) is 51.3 Å². The Kier molecular flexibility index (Phi) is 3.93. The number of hydrogen-bond acceptors (Lipinski definition) is 1.